The van der Waals surface area contributed by atoms with Crippen LogP contribution in [-0.2, 0) is 4.74 Å². The first-order valence-electron chi connectivity index (χ1n) is 7.39. The molecule has 10 heteroatoms. The Hall–Kier alpha value is -2.62. The van der Waals surface area contributed by atoms with E-state index in [1.165, 1.54) is 14.2 Å². The summed E-state index contributed by atoms with van der Waals surface area (Å²) in [6, 6.07) is 0. The van der Waals surface area contributed by atoms with E-state index in [1.54, 1.807) is 6.92 Å². The van der Waals surface area contributed by atoms with Crippen molar-refractivity contribution in [1.29, 1.82) is 0 Å². The van der Waals surface area contributed by atoms with Crippen molar-refractivity contribution in [3.05, 3.63) is 28.4 Å². The van der Waals surface area contributed by atoms with Crippen LogP contribution in [-0.4, -0.2) is 60.2 Å². The summed E-state index contributed by atoms with van der Waals surface area (Å²) in [4.78, 5) is 47.6. The molecule has 1 aromatic rings. The lowest BCUT2D eigenvalue weighted by Crippen LogP contribution is -2.25. The molecule has 25 heavy (non-hydrogen) atoms. The van der Waals surface area contributed by atoms with Crippen molar-refractivity contribution in [1.82, 2.24) is 20.8 Å². The molecule has 9 nitrogen and oxygen atoms in total. The van der Waals surface area contributed by atoms with Gasteiger partial charge in [-0.2, -0.15) is 5.10 Å². The Morgan fingerprint density at radius 1 is 1.32 bits per heavy atom. The SMILES string of the molecule is C=C(SCCNC(=O)OC)C(=O)c1c(C(=O)CC)n[nH]c1C(=O)NC. The average molecular weight is 368 g/mol. The molecule has 1 rings (SSSR count). The lowest BCUT2D eigenvalue weighted by molar-refractivity contribution is 0.0946. The number of H-pyrrole nitrogens is 1. The first-order chi connectivity index (χ1) is 11.9. The number of ketones is 2. The van der Waals surface area contributed by atoms with Gasteiger partial charge in [0, 0.05) is 30.7 Å². The molecule has 136 valence electrons. The van der Waals surface area contributed by atoms with E-state index in [-0.39, 0.29) is 40.6 Å². The van der Waals surface area contributed by atoms with Crippen LogP contribution in [0.25, 0.3) is 0 Å². The highest BCUT2D eigenvalue weighted by atomic mass is 32.2. The van der Waals surface area contributed by atoms with E-state index in [0.29, 0.717) is 5.75 Å². The van der Waals surface area contributed by atoms with E-state index in [2.05, 4.69) is 32.1 Å². The van der Waals surface area contributed by atoms with Gasteiger partial charge in [-0.25, -0.2) is 4.79 Å². The van der Waals surface area contributed by atoms with Crippen LogP contribution in [0.2, 0.25) is 0 Å². The summed E-state index contributed by atoms with van der Waals surface area (Å²) < 4.78 is 4.43. The van der Waals surface area contributed by atoms with Crippen LogP contribution in [0.1, 0.15) is 44.7 Å². The van der Waals surface area contributed by atoms with Gasteiger partial charge in [-0.05, 0) is 0 Å². The van der Waals surface area contributed by atoms with Crippen molar-refractivity contribution in [3.8, 4) is 0 Å². The lowest BCUT2D eigenvalue weighted by atomic mass is 10.0. The number of aromatic amines is 1. The Bertz CT molecular complexity index is 665. The number of aromatic nitrogens is 2. The van der Waals surface area contributed by atoms with Gasteiger partial charge in [0.25, 0.3) is 5.91 Å². The number of carbonyl (C=O) groups excluding carboxylic acids is 4. The van der Waals surface area contributed by atoms with E-state index >= 15 is 0 Å². The Labute approximate surface area is 149 Å². The summed E-state index contributed by atoms with van der Waals surface area (Å²) in [5.74, 6) is -1.12. The van der Waals surface area contributed by atoms with Crippen LogP contribution < -0.4 is 10.6 Å². The van der Waals surface area contributed by atoms with Crippen molar-refractivity contribution in [2.45, 2.75) is 13.3 Å². The molecule has 0 atom stereocenters. The van der Waals surface area contributed by atoms with Gasteiger partial charge in [0.05, 0.1) is 12.7 Å². The molecular formula is C15H20N4O5S. The summed E-state index contributed by atoms with van der Waals surface area (Å²) >= 11 is 1.09. The summed E-state index contributed by atoms with van der Waals surface area (Å²) in [6.45, 7) is 5.58. The fourth-order valence-electron chi connectivity index (χ4n) is 1.83. The number of hydrogen-bond acceptors (Lipinski definition) is 7. The van der Waals surface area contributed by atoms with Gasteiger partial charge in [-0.15, -0.1) is 11.8 Å². The van der Waals surface area contributed by atoms with Crippen LogP contribution in [0.4, 0.5) is 4.79 Å². The van der Waals surface area contributed by atoms with E-state index < -0.39 is 17.8 Å². The molecule has 0 fully saturated rings. The summed E-state index contributed by atoms with van der Waals surface area (Å²) in [5, 5.41) is 11.1. The number of allylic oxidation sites excluding steroid dienone is 1. The monoisotopic (exact) mass is 368 g/mol. The summed E-state index contributed by atoms with van der Waals surface area (Å²) in [7, 11) is 2.65. The first-order valence-corrected chi connectivity index (χ1v) is 8.37. The number of carbonyl (C=O) groups is 4. The Balaban J connectivity index is 2.93. The molecule has 0 bridgehead atoms. The quantitative estimate of drug-likeness (QED) is 0.338. The number of alkyl carbamates (subject to hydrolysis) is 1. The third-order valence-corrected chi connectivity index (χ3v) is 4.06. The number of amides is 2. The fourth-order valence-corrected chi connectivity index (χ4v) is 2.51. The average Bonchev–Trinajstić information content (AvgIpc) is 3.07. The second kappa shape index (κ2) is 9.62. The standard InChI is InChI=1S/C15H20N4O5S/c1-5-9(20)11-10(12(19-18-11)14(22)16-3)13(21)8(2)25-7-6-17-15(23)24-4/h2,5-7H2,1,3-4H3,(H,16,22)(H,17,23)(H,18,19). The van der Waals surface area contributed by atoms with E-state index in [1.807, 2.05) is 0 Å². The van der Waals surface area contributed by atoms with Crippen LogP contribution >= 0.6 is 11.8 Å². The summed E-state index contributed by atoms with van der Waals surface area (Å²) in [6.07, 6.45) is -0.439. The number of thioether (sulfide) groups is 1. The number of methoxy groups -OCH3 is 1. The third kappa shape index (κ3) is 5.18. The third-order valence-electron chi connectivity index (χ3n) is 3.12. The highest BCUT2D eigenvalue weighted by Crippen LogP contribution is 2.23. The molecule has 0 unspecified atom stereocenters. The second-order valence-corrected chi connectivity index (χ2v) is 5.89. The molecule has 0 aliphatic heterocycles. The number of hydrogen-bond donors (Lipinski definition) is 3. The zero-order valence-electron chi connectivity index (χ0n) is 14.2. The van der Waals surface area contributed by atoms with E-state index in [0.717, 1.165) is 11.8 Å². The Morgan fingerprint density at radius 2 is 2.00 bits per heavy atom. The molecule has 0 radical (unpaired) electrons. The number of rotatable bonds is 9. The van der Waals surface area contributed by atoms with Gasteiger partial charge >= 0.3 is 6.09 Å². The normalized spacial score (nSPS) is 10.0. The van der Waals surface area contributed by atoms with Crippen molar-refractivity contribution in [2.24, 2.45) is 0 Å². The topological polar surface area (TPSA) is 130 Å². The fraction of sp³-hybridized carbons (Fsp3) is 0.400. The van der Waals surface area contributed by atoms with Gasteiger partial charge in [0.2, 0.25) is 5.78 Å². The number of nitrogens with one attached hydrogen (secondary N) is 3. The minimum atomic E-state index is -0.579. The predicted molar refractivity (Wildman–Crippen MR) is 92.9 cm³/mol. The molecule has 0 aromatic carbocycles. The molecule has 0 saturated carbocycles. The second-order valence-electron chi connectivity index (χ2n) is 4.70. The highest BCUT2D eigenvalue weighted by molar-refractivity contribution is 8.04. The lowest BCUT2D eigenvalue weighted by Gasteiger charge is -2.07. The van der Waals surface area contributed by atoms with Gasteiger partial charge in [-0.3, -0.25) is 19.5 Å². The molecule has 0 aliphatic rings. The van der Waals surface area contributed by atoms with Gasteiger partial charge in [0.15, 0.2) is 5.78 Å². The minimum absolute atomic E-state index is 0.0828. The van der Waals surface area contributed by atoms with E-state index in [4.69, 9.17) is 0 Å². The zero-order valence-corrected chi connectivity index (χ0v) is 15.0. The number of ether oxygens (including phenoxy) is 1. The molecule has 0 saturated heterocycles. The first kappa shape index (κ1) is 20.4. The molecule has 2 amide bonds. The van der Waals surface area contributed by atoms with Crippen LogP contribution in [0.15, 0.2) is 11.5 Å². The van der Waals surface area contributed by atoms with Gasteiger partial charge in [0.1, 0.15) is 11.4 Å². The van der Waals surface area contributed by atoms with Gasteiger partial charge in [-0.1, -0.05) is 13.5 Å². The van der Waals surface area contributed by atoms with Crippen molar-refractivity contribution in [2.75, 3.05) is 26.5 Å². The maximum atomic E-state index is 12.6. The minimum Gasteiger partial charge on any atom is -0.453 e. The maximum Gasteiger partial charge on any atom is 0.406 e. The maximum absolute atomic E-state index is 12.6. The molecule has 1 heterocycles. The predicted octanol–water partition coefficient (Wildman–Crippen LogP) is 1.15. The smallest absolute Gasteiger partial charge is 0.406 e. The number of nitrogens with zero attached hydrogens (tertiary/aromatic N) is 1. The molecule has 0 aliphatic carbocycles. The molecule has 3 N–H and O–H groups in total. The van der Waals surface area contributed by atoms with Crippen LogP contribution in [0, 0.1) is 0 Å². The zero-order chi connectivity index (χ0) is 19.0. The van der Waals surface area contributed by atoms with Crippen molar-refractivity contribution >= 4 is 35.3 Å². The van der Waals surface area contributed by atoms with Crippen molar-refractivity contribution < 1.29 is 23.9 Å². The van der Waals surface area contributed by atoms with Crippen LogP contribution in [0.5, 0.6) is 0 Å². The molecule has 1 aromatic heterocycles. The Kier molecular flexibility index (Phi) is 7.86. The molecule has 0 spiro atoms. The van der Waals surface area contributed by atoms with Crippen LogP contribution in [0.3, 0.4) is 0 Å². The largest absolute Gasteiger partial charge is 0.453 e. The van der Waals surface area contributed by atoms with Crippen molar-refractivity contribution in [3.63, 3.8) is 0 Å². The highest BCUT2D eigenvalue weighted by Gasteiger charge is 2.28. The van der Waals surface area contributed by atoms with Gasteiger partial charge < -0.3 is 15.4 Å². The Morgan fingerprint density at radius 3 is 2.56 bits per heavy atom. The molecular weight excluding hydrogens is 348 g/mol. The van der Waals surface area contributed by atoms with E-state index in [9.17, 15) is 19.2 Å². The summed E-state index contributed by atoms with van der Waals surface area (Å²) in [5.41, 5.74) is -0.260. The number of Topliss-reactive ketones (excluding diaryl/α,β-unsaturated/α-hetero) is 2.